The van der Waals surface area contributed by atoms with Crippen molar-refractivity contribution in [1.82, 2.24) is 5.32 Å². The quantitative estimate of drug-likeness (QED) is 0.0218. The Kier molecular flexibility index (Phi) is 37.5. The topological polar surface area (TPSA) is 189 Å². The first kappa shape index (κ1) is 57.3. The van der Waals surface area contributed by atoms with Crippen molar-refractivity contribution in [3.05, 3.63) is 36.5 Å². The predicted molar refractivity (Wildman–Crippen MR) is 247 cm³/mol. The highest BCUT2D eigenvalue weighted by molar-refractivity contribution is 5.80. The number of aliphatic hydroxyl groups is 7. The first-order valence-electron chi connectivity index (χ1n) is 24.9. The number of carbonyl (C=O) groups excluding carboxylic acids is 1. The van der Waals surface area contributed by atoms with Gasteiger partial charge in [-0.05, 0) is 77.0 Å². The van der Waals surface area contributed by atoms with Crippen molar-refractivity contribution in [2.75, 3.05) is 13.2 Å². The van der Waals surface area contributed by atoms with Gasteiger partial charge in [0.15, 0.2) is 6.29 Å². The molecule has 358 valence electrons. The van der Waals surface area contributed by atoms with Crippen molar-refractivity contribution < 1.29 is 50.0 Å². The van der Waals surface area contributed by atoms with E-state index >= 15 is 0 Å². The third kappa shape index (κ3) is 29.4. The number of allylic oxidation sites excluding steroid dienone is 6. The Morgan fingerprint density at radius 1 is 0.557 bits per heavy atom. The van der Waals surface area contributed by atoms with E-state index in [1.165, 1.54) is 103 Å². The molecule has 11 nitrogen and oxygen atoms in total. The molecule has 1 fully saturated rings. The number of ether oxygens (including phenoxy) is 2. The Morgan fingerprint density at radius 2 is 0.984 bits per heavy atom. The van der Waals surface area contributed by atoms with E-state index in [0.717, 1.165) is 57.8 Å². The van der Waals surface area contributed by atoms with Crippen LogP contribution >= 0.6 is 0 Å². The second kappa shape index (κ2) is 39.9. The summed E-state index contributed by atoms with van der Waals surface area (Å²) in [4.78, 5) is 13.1. The van der Waals surface area contributed by atoms with Crippen LogP contribution in [0.2, 0.25) is 0 Å². The van der Waals surface area contributed by atoms with Crippen LogP contribution in [0.3, 0.4) is 0 Å². The monoisotopic (exact) mass is 868 g/mol. The third-order valence-corrected chi connectivity index (χ3v) is 11.9. The second-order valence-electron chi connectivity index (χ2n) is 17.5. The Labute approximate surface area is 371 Å². The van der Waals surface area contributed by atoms with Gasteiger partial charge >= 0.3 is 0 Å². The molecular weight excluding hydrogens is 775 g/mol. The van der Waals surface area contributed by atoms with Crippen molar-refractivity contribution in [3.63, 3.8) is 0 Å². The van der Waals surface area contributed by atoms with Crippen LogP contribution in [0.15, 0.2) is 36.5 Å². The number of rotatable bonds is 41. The lowest BCUT2D eigenvalue weighted by atomic mass is 9.98. The van der Waals surface area contributed by atoms with Gasteiger partial charge in [0, 0.05) is 0 Å². The molecule has 1 aliphatic heterocycles. The maximum atomic E-state index is 13.1. The second-order valence-corrected chi connectivity index (χ2v) is 17.5. The van der Waals surface area contributed by atoms with Gasteiger partial charge in [-0.1, -0.05) is 166 Å². The van der Waals surface area contributed by atoms with Crippen LogP contribution in [0, 0.1) is 0 Å². The molecule has 11 heteroatoms. The average Bonchev–Trinajstić information content (AvgIpc) is 3.26. The summed E-state index contributed by atoms with van der Waals surface area (Å²) in [7, 11) is 0. The summed E-state index contributed by atoms with van der Waals surface area (Å²) >= 11 is 0. The molecule has 0 aromatic heterocycles. The number of carbonyl (C=O) groups is 1. The number of hydrogen-bond acceptors (Lipinski definition) is 10. The van der Waals surface area contributed by atoms with E-state index in [4.69, 9.17) is 9.47 Å². The van der Waals surface area contributed by atoms with Gasteiger partial charge < -0.3 is 50.5 Å². The molecule has 8 N–H and O–H groups in total. The first-order valence-corrected chi connectivity index (χ1v) is 24.9. The van der Waals surface area contributed by atoms with Crippen molar-refractivity contribution in [2.24, 2.45) is 0 Å². The van der Waals surface area contributed by atoms with E-state index in [0.29, 0.717) is 19.3 Å². The molecule has 1 heterocycles. The Hall–Kier alpha value is -1.67. The maximum Gasteiger partial charge on any atom is 0.249 e. The summed E-state index contributed by atoms with van der Waals surface area (Å²) in [6.07, 6.45) is 34.7. The van der Waals surface area contributed by atoms with Crippen LogP contribution in [-0.2, 0) is 14.3 Å². The standard InChI is InChI=1S/C50H93NO10/c1-3-5-7-9-11-13-15-17-19-21-22-24-26-28-30-32-34-36-38-43(54)49(59)51-41(40-60-50-48(58)47(57)46(56)44(39-52)61-50)45(55)42(53)37-35-33-31-29-27-25-23-20-18-16-14-12-10-8-6-4-2/h20-23,29,31,41-48,50,52-58H,3-19,24-28,30,32-40H2,1-2H3,(H,51,59)/b22-21-,23-20+,31-29+. The highest BCUT2D eigenvalue weighted by Gasteiger charge is 2.44. The maximum absolute atomic E-state index is 13.1. The fourth-order valence-electron chi connectivity index (χ4n) is 7.74. The summed E-state index contributed by atoms with van der Waals surface area (Å²) in [6, 6.07) is -1.19. The minimum atomic E-state index is -1.67. The van der Waals surface area contributed by atoms with Crippen LogP contribution in [0.25, 0.3) is 0 Å². The van der Waals surface area contributed by atoms with Crippen molar-refractivity contribution in [3.8, 4) is 0 Å². The number of amides is 1. The summed E-state index contributed by atoms with van der Waals surface area (Å²) in [5.74, 6) is -0.716. The van der Waals surface area contributed by atoms with Crippen molar-refractivity contribution >= 4 is 5.91 Å². The number of nitrogens with one attached hydrogen (secondary N) is 1. The molecule has 0 aromatic carbocycles. The van der Waals surface area contributed by atoms with Gasteiger partial charge in [0.05, 0.1) is 25.4 Å². The number of aliphatic hydroxyl groups excluding tert-OH is 7. The van der Waals surface area contributed by atoms with Crippen LogP contribution in [-0.4, -0.2) is 110 Å². The molecule has 0 spiro atoms. The van der Waals surface area contributed by atoms with Gasteiger partial charge in [0.2, 0.25) is 5.91 Å². The van der Waals surface area contributed by atoms with E-state index in [9.17, 15) is 40.5 Å². The lowest BCUT2D eigenvalue weighted by Crippen LogP contribution is -2.60. The van der Waals surface area contributed by atoms with Crippen molar-refractivity contribution in [1.29, 1.82) is 0 Å². The highest BCUT2D eigenvalue weighted by atomic mass is 16.7. The molecule has 1 amide bonds. The van der Waals surface area contributed by atoms with E-state index < -0.39 is 74.2 Å². The summed E-state index contributed by atoms with van der Waals surface area (Å²) in [6.45, 7) is 3.41. The Balaban J connectivity index is 2.45. The lowest BCUT2D eigenvalue weighted by molar-refractivity contribution is -0.303. The zero-order valence-electron chi connectivity index (χ0n) is 38.6. The van der Waals surface area contributed by atoms with Crippen LogP contribution in [0.5, 0.6) is 0 Å². The SMILES string of the molecule is CCCCCCCCC/C=C/CC/C=C/CCCC(O)C(O)C(COC1OC(CO)C(O)C(O)C1O)NC(=O)C(O)CCCCCCCC/C=C\CCCCCCCCCC. The summed E-state index contributed by atoms with van der Waals surface area (Å²) in [5.41, 5.74) is 0. The third-order valence-electron chi connectivity index (χ3n) is 11.9. The minimum absolute atomic E-state index is 0.244. The zero-order valence-corrected chi connectivity index (χ0v) is 38.6. The van der Waals surface area contributed by atoms with Crippen LogP contribution in [0.4, 0.5) is 0 Å². The molecule has 1 rings (SSSR count). The average molecular weight is 868 g/mol. The number of unbranched alkanes of at least 4 members (excludes halogenated alkanes) is 23. The highest BCUT2D eigenvalue weighted by Crippen LogP contribution is 2.23. The molecular formula is C50H93NO10. The Morgan fingerprint density at radius 3 is 1.46 bits per heavy atom. The van der Waals surface area contributed by atoms with Gasteiger partial charge in [-0.2, -0.15) is 0 Å². The predicted octanol–water partition coefficient (Wildman–Crippen LogP) is 8.78. The Bertz CT molecular complexity index is 1090. The minimum Gasteiger partial charge on any atom is -0.394 e. The molecule has 9 atom stereocenters. The molecule has 0 aromatic rings. The van der Waals surface area contributed by atoms with Crippen molar-refractivity contribution in [2.45, 2.75) is 262 Å². The van der Waals surface area contributed by atoms with Gasteiger partial charge in [-0.3, -0.25) is 4.79 Å². The molecule has 0 radical (unpaired) electrons. The fourth-order valence-corrected chi connectivity index (χ4v) is 7.74. The molecule has 0 bridgehead atoms. The summed E-state index contributed by atoms with van der Waals surface area (Å²) in [5, 5.41) is 75.7. The molecule has 1 saturated heterocycles. The van der Waals surface area contributed by atoms with Gasteiger partial charge in [-0.25, -0.2) is 0 Å². The molecule has 9 unspecified atom stereocenters. The molecule has 0 aliphatic carbocycles. The number of hydrogen-bond donors (Lipinski definition) is 8. The lowest BCUT2D eigenvalue weighted by Gasteiger charge is -2.40. The smallest absolute Gasteiger partial charge is 0.249 e. The summed E-state index contributed by atoms with van der Waals surface area (Å²) < 4.78 is 11.1. The van der Waals surface area contributed by atoms with Gasteiger partial charge in [0.25, 0.3) is 0 Å². The fraction of sp³-hybridized carbons (Fsp3) is 0.860. The zero-order chi connectivity index (χ0) is 44.8. The van der Waals surface area contributed by atoms with E-state index in [2.05, 4.69) is 55.6 Å². The van der Waals surface area contributed by atoms with Gasteiger partial charge in [-0.15, -0.1) is 0 Å². The first-order chi connectivity index (χ1) is 29.7. The largest absolute Gasteiger partial charge is 0.394 e. The van der Waals surface area contributed by atoms with Gasteiger partial charge in [0.1, 0.15) is 36.6 Å². The molecule has 1 aliphatic rings. The van der Waals surface area contributed by atoms with Crippen LogP contribution in [0.1, 0.15) is 206 Å². The molecule has 0 saturated carbocycles. The normalized spacial score (nSPS) is 21.8. The van der Waals surface area contributed by atoms with E-state index in [1.807, 2.05) is 0 Å². The molecule has 61 heavy (non-hydrogen) atoms. The van der Waals surface area contributed by atoms with E-state index in [1.54, 1.807) is 0 Å². The van der Waals surface area contributed by atoms with Crippen LogP contribution < -0.4 is 5.32 Å². The van der Waals surface area contributed by atoms with E-state index in [-0.39, 0.29) is 12.8 Å².